The van der Waals surface area contributed by atoms with Gasteiger partial charge in [0.25, 0.3) is 0 Å². The highest BCUT2D eigenvalue weighted by atomic mass is 32.1. The van der Waals surface area contributed by atoms with Gasteiger partial charge in [-0.3, -0.25) is 14.4 Å². The smallest absolute Gasteiger partial charge is 0.410 e. The minimum Gasteiger partial charge on any atom is -0.410 e. The van der Waals surface area contributed by atoms with E-state index in [0.717, 1.165) is 5.56 Å². The van der Waals surface area contributed by atoms with E-state index in [1.165, 1.54) is 0 Å². The molecule has 9 N–H and O–H groups in total. The van der Waals surface area contributed by atoms with Gasteiger partial charge in [0, 0.05) is 12.3 Å². The molecular weight excluding hydrogens is 412 g/mol. The summed E-state index contributed by atoms with van der Waals surface area (Å²) in [5, 5.41) is 7.82. The number of nitrogens with one attached hydrogen (secondary N) is 3. The molecule has 0 aliphatic carbocycles. The highest BCUT2D eigenvalue weighted by Crippen LogP contribution is 2.13. The molecule has 1 rings (SSSR count). The number of amides is 4. The van der Waals surface area contributed by atoms with Crippen molar-refractivity contribution < 1.29 is 23.9 Å². The van der Waals surface area contributed by atoms with Gasteiger partial charge >= 0.3 is 6.09 Å². The molecular formula is C18H28N6O5S. The third-order valence-corrected chi connectivity index (χ3v) is 4.53. The molecule has 0 bridgehead atoms. The molecule has 12 heteroatoms. The topological polar surface area (TPSA) is 192 Å². The third-order valence-electron chi connectivity index (χ3n) is 4.16. The van der Waals surface area contributed by atoms with E-state index >= 15 is 0 Å². The first-order valence-electron chi connectivity index (χ1n) is 9.15. The van der Waals surface area contributed by atoms with Gasteiger partial charge < -0.3 is 37.9 Å². The van der Waals surface area contributed by atoms with E-state index in [4.69, 9.17) is 21.9 Å². The van der Waals surface area contributed by atoms with Gasteiger partial charge in [-0.15, -0.1) is 0 Å². The van der Waals surface area contributed by atoms with Gasteiger partial charge in [0.2, 0.25) is 17.7 Å². The Kier molecular flexibility index (Phi) is 10.6. The van der Waals surface area contributed by atoms with Gasteiger partial charge in [0.1, 0.15) is 11.8 Å². The Bertz CT molecular complexity index is 745. The first-order chi connectivity index (χ1) is 14.2. The fraction of sp³-hybridized carbons (Fsp3) is 0.444. The summed E-state index contributed by atoms with van der Waals surface area (Å²) in [5.74, 6) is -1.34. The first-order valence-corrected chi connectivity index (χ1v) is 9.78. The standard InChI is InChI=1S/C18H28N6O5S/c1-22-13(17(27)24-14(9-30)16(21)26)6-7-23-18(28)29-11-4-2-10(3-5-11)8-12(19)15(20)25/h2-5,12-14,22,30H,6-9,19H2,1H3,(H2,20,25)(H2,21,26)(H,23,28)(H,24,27)/t12-,13?,14-/m0/s1. The average molecular weight is 441 g/mol. The van der Waals surface area contributed by atoms with Gasteiger partial charge in [0.05, 0.1) is 12.1 Å². The van der Waals surface area contributed by atoms with Crippen molar-refractivity contribution in [2.24, 2.45) is 17.2 Å². The number of likely N-dealkylation sites (N-methyl/N-ethyl adjacent to an activating group) is 1. The van der Waals surface area contributed by atoms with Crippen molar-refractivity contribution in [2.45, 2.75) is 31.0 Å². The molecule has 1 unspecified atom stereocenters. The number of carbonyl (C=O) groups is 4. The molecule has 30 heavy (non-hydrogen) atoms. The number of primary amides is 2. The monoisotopic (exact) mass is 440 g/mol. The minimum atomic E-state index is -0.880. The summed E-state index contributed by atoms with van der Waals surface area (Å²) in [6, 6.07) is 4.15. The maximum Gasteiger partial charge on any atom is 0.412 e. The van der Waals surface area contributed by atoms with E-state index < -0.39 is 41.9 Å². The zero-order valence-electron chi connectivity index (χ0n) is 16.6. The Morgan fingerprint density at radius 2 is 1.70 bits per heavy atom. The normalized spacial score (nSPS) is 13.6. The molecule has 0 saturated heterocycles. The SMILES string of the molecule is CNC(CCNC(=O)Oc1ccc(C[C@H](N)C(N)=O)cc1)C(=O)N[C@@H](CS)C(N)=O. The van der Waals surface area contributed by atoms with Crippen LogP contribution in [-0.4, -0.2) is 61.3 Å². The lowest BCUT2D eigenvalue weighted by Crippen LogP contribution is -2.52. The zero-order valence-corrected chi connectivity index (χ0v) is 17.5. The lowest BCUT2D eigenvalue weighted by molar-refractivity contribution is -0.128. The summed E-state index contributed by atoms with van der Waals surface area (Å²) in [4.78, 5) is 46.3. The van der Waals surface area contributed by atoms with E-state index in [1.54, 1.807) is 31.3 Å². The van der Waals surface area contributed by atoms with Crippen molar-refractivity contribution in [1.29, 1.82) is 0 Å². The number of hydrogen-bond acceptors (Lipinski definition) is 8. The predicted octanol–water partition coefficient (Wildman–Crippen LogP) is -1.99. The highest BCUT2D eigenvalue weighted by molar-refractivity contribution is 7.80. The molecule has 0 aliphatic rings. The van der Waals surface area contributed by atoms with Crippen molar-refractivity contribution in [3.63, 3.8) is 0 Å². The second-order valence-electron chi connectivity index (χ2n) is 6.45. The molecule has 11 nitrogen and oxygen atoms in total. The molecule has 3 atom stereocenters. The molecule has 0 saturated carbocycles. The quantitative estimate of drug-likeness (QED) is 0.183. The van der Waals surface area contributed by atoms with Crippen LogP contribution in [0.5, 0.6) is 5.75 Å². The van der Waals surface area contributed by atoms with Crippen molar-refractivity contribution in [3.05, 3.63) is 29.8 Å². The molecule has 0 aliphatic heterocycles. The summed E-state index contributed by atoms with van der Waals surface area (Å²) in [7, 11) is 1.58. The molecule has 1 aromatic carbocycles. The fourth-order valence-electron chi connectivity index (χ4n) is 2.40. The van der Waals surface area contributed by atoms with Crippen LogP contribution in [0, 0.1) is 0 Å². The number of ether oxygens (including phenoxy) is 1. The van der Waals surface area contributed by atoms with Crippen LogP contribution in [0.3, 0.4) is 0 Å². The van der Waals surface area contributed by atoms with Crippen LogP contribution < -0.4 is 37.9 Å². The summed E-state index contributed by atoms with van der Waals surface area (Å²) >= 11 is 3.97. The Labute approximate surface area is 179 Å². The Balaban J connectivity index is 2.45. The molecule has 4 amide bonds. The van der Waals surface area contributed by atoms with E-state index in [0.29, 0.717) is 5.75 Å². The molecule has 0 heterocycles. The predicted molar refractivity (Wildman–Crippen MR) is 114 cm³/mol. The van der Waals surface area contributed by atoms with Crippen LogP contribution in [0.15, 0.2) is 24.3 Å². The lowest BCUT2D eigenvalue weighted by Gasteiger charge is -2.19. The van der Waals surface area contributed by atoms with Gasteiger partial charge in [-0.25, -0.2) is 4.79 Å². The van der Waals surface area contributed by atoms with Gasteiger partial charge in [-0.1, -0.05) is 12.1 Å². The number of benzene rings is 1. The van der Waals surface area contributed by atoms with Crippen LogP contribution in [0.2, 0.25) is 0 Å². The maximum atomic E-state index is 12.2. The number of thiol groups is 1. The van der Waals surface area contributed by atoms with Crippen molar-refractivity contribution in [3.8, 4) is 5.75 Å². The summed E-state index contributed by atoms with van der Waals surface area (Å²) in [6.07, 6.45) is -0.171. The second-order valence-corrected chi connectivity index (χ2v) is 6.81. The van der Waals surface area contributed by atoms with Crippen LogP contribution in [0.4, 0.5) is 4.79 Å². The van der Waals surface area contributed by atoms with Gasteiger partial charge in [-0.05, 0) is 37.6 Å². The summed E-state index contributed by atoms with van der Waals surface area (Å²) in [5.41, 5.74) is 16.7. The number of nitrogens with two attached hydrogens (primary N) is 3. The number of rotatable bonds is 12. The molecule has 0 aromatic heterocycles. The van der Waals surface area contributed by atoms with Crippen LogP contribution in [0.1, 0.15) is 12.0 Å². The Morgan fingerprint density at radius 1 is 1.07 bits per heavy atom. The summed E-state index contributed by atoms with van der Waals surface area (Å²) < 4.78 is 5.15. The van der Waals surface area contributed by atoms with Crippen molar-refractivity contribution in [1.82, 2.24) is 16.0 Å². The van der Waals surface area contributed by atoms with E-state index in [-0.39, 0.29) is 25.1 Å². The van der Waals surface area contributed by atoms with Crippen LogP contribution in [0.25, 0.3) is 0 Å². The largest absolute Gasteiger partial charge is 0.412 e. The van der Waals surface area contributed by atoms with Crippen LogP contribution >= 0.6 is 12.6 Å². The zero-order chi connectivity index (χ0) is 22.7. The Morgan fingerprint density at radius 3 is 2.20 bits per heavy atom. The average Bonchev–Trinajstić information content (AvgIpc) is 2.70. The minimum absolute atomic E-state index is 0.0787. The number of carbonyl (C=O) groups excluding carboxylic acids is 4. The second kappa shape index (κ2) is 12.7. The highest BCUT2D eigenvalue weighted by Gasteiger charge is 2.22. The molecule has 1 aromatic rings. The third kappa shape index (κ3) is 8.68. The maximum absolute atomic E-state index is 12.2. The molecule has 166 valence electrons. The van der Waals surface area contributed by atoms with Crippen molar-refractivity contribution in [2.75, 3.05) is 19.3 Å². The molecule has 0 fully saturated rings. The lowest BCUT2D eigenvalue weighted by atomic mass is 10.1. The Hall–Kier alpha value is -2.83. The fourth-order valence-corrected chi connectivity index (χ4v) is 2.67. The van der Waals surface area contributed by atoms with Gasteiger partial charge in [0.15, 0.2) is 0 Å². The molecule has 0 radical (unpaired) electrons. The molecule has 0 spiro atoms. The van der Waals surface area contributed by atoms with E-state index in [9.17, 15) is 19.2 Å². The summed E-state index contributed by atoms with van der Waals surface area (Å²) in [6.45, 7) is 0.144. The van der Waals surface area contributed by atoms with Gasteiger partial charge in [-0.2, -0.15) is 12.6 Å². The van der Waals surface area contributed by atoms with Crippen molar-refractivity contribution >= 4 is 36.4 Å². The van der Waals surface area contributed by atoms with Crippen LogP contribution in [-0.2, 0) is 20.8 Å². The first kappa shape index (κ1) is 25.2. The van der Waals surface area contributed by atoms with E-state index in [2.05, 4.69) is 28.6 Å². The number of hydrogen-bond donors (Lipinski definition) is 7. The van der Waals surface area contributed by atoms with E-state index in [1.807, 2.05) is 0 Å².